The predicted molar refractivity (Wildman–Crippen MR) is 64.8 cm³/mol. The number of unbranched alkanes of at least 4 members (excludes halogenated alkanes) is 6. The van der Waals surface area contributed by atoms with E-state index in [0.717, 1.165) is 12.8 Å². The fraction of sp³-hybridized carbons (Fsp3) is 0.833. The maximum atomic E-state index is 11.0. The summed E-state index contributed by atoms with van der Waals surface area (Å²) in [5, 5.41) is 2.68. The minimum Gasteiger partial charge on any atom is -0.369 e. The van der Waals surface area contributed by atoms with E-state index in [-0.39, 0.29) is 12.3 Å². The topological polar surface area (TPSA) is 72.2 Å². The van der Waals surface area contributed by atoms with Crippen molar-refractivity contribution in [1.82, 2.24) is 5.32 Å². The van der Waals surface area contributed by atoms with E-state index in [1.54, 1.807) is 0 Å². The summed E-state index contributed by atoms with van der Waals surface area (Å²) < 4.78 is 0. The van der Waals surface area contributed by atoms with Crippen molar-refractivity contribution in [2.24, 2.45) is 5.73 Å². The molecule has 0 aromatic rings. The largest absolute Gasteiger partial charge is 0.369 e. The van der Waals surface area contributed by atoms with Gasteiger partial charge < -0.3 is 11.1 Å². The number of primary amides is 1. The fourth-order valence-corrected chi connectivity index (χ4v) is 1.53. The van der Waals surface area contributed by atoms with Crippen LogP contribution in [-0.4, -0.2) is 18.4 Å². The van der Waals surface area contributed by atoms with Crippen molar-refractivity contribution in [3.8, 4) is 0 Å². The van der Waals surface area contributed by atoms with Crippen LogP contribution in [0.5, 0.6) is 0 Å². The second-order valence-electron chi connectivity index (χ2n) is 4.11. The van der Waals surface area contributed by atoms with E-state index in [4.69, 9.17) is 5.73 Å². The van der Waals surface area contributed by atoms with Crippen molar-refractivity contribution in [1.29, 1.82) is 0 Å². The van der Waals surface area contributed by atoms with E-state index >= 15 is 0 Å². The molecule has 0 aromatic heterocycles. The smallest absolute Gasteiger partial charge is 0.229 e. The second-order valence-corrected chi connectivity index (χ2v) is 4.11. The van der Waals surface area contributed by atoms with Crippen LogP contribution in [0.15, 0.2) is 0 Å². The number of carbonyl (C=O) groups is 2. The highest BCUT2D eigenvalue weighted by Crippen LogP contribution is 2.06. The van der Waals surface area contributed by atoms with Gasteiger partial charge in [0.25, 0.3) is 0 Å². The van der Waals surface area contributed by atoms with E-state index in [1.807, 2.05) is 0 Å². The molecule has 0 spiro atoms. The Kier molecular flexibility index (Phi) is 9.76. The first kappa shape index (κ1) is 14.9. The Hall–Kier alpha value is -1.06. The third-order valence-corrected chi connectivity index (χ3v) is 2.44. The Morgan fingerprint density at radius 2 is 1.56 bits per heavy atom. The van der Waals surface area contributed by atoms with Gasteiger partial charge in [-0.05, 0) is 6.42 Å². The van der Waals surface area contributed by atoms with Crippen LogP contribution < -0.4 is 11.1 Å². The van der Waals surface area contributed by atoms with Crippen LogP contribution in [0.2, 0.25) is 0 Å². The van der Waals surface area contributed by atoms with E-state index in [2.05, 4.69) is 12.2 Å². The standard InChI is InChI=1S/C12H24N2O2/c1-2-3-4-5-6-7-8-9-14-12(16)10-11(13)15/h2-10H2,1H3,(H2,13,15)(H,14,16). The summed E-state index contributed by atoms with van der Waals surface area (Å²) in [6.07, 6.45) is 8.32. The molecule has 16 heavy (non-hydrogen) atoms. The lowest BCUT2D eigenvalue weighted by molar-refractivity contribution is -0.127. The van der Waals surface area contributed by atoms with Crippen LogP contribution in [0.25, 0.3) is 0 Å². The van der Waals surface area contributed by atoms with Crippen molar-refractivity contribution in [2.45, 2.75) is 58.3 Å². The lowest BCUT2D eigenvalue weighted by Crippen LogP contribution is -2.29. The average molecular weight is 228 g/mol. The maximum absolute atomic E-state index is 11.0. The Balaban J connectivity index is 3.14. The van der Waals surface area contributed by atoms with E-state index in [1.165, 1.54) is 32.1 Å². The maximum Gasteiger partial charge on any atom is 0.229 e. The van der Waals surface area contributed by atoms with Crippen LogP contribution in [0.4, 0.5) is 0 Å². The molecule has 3 N–H and O–H groups in total. The molecule has 0 rings (SSSR count). The number of hydrogen-bond acceptors (Lipinski definition) is 2. The zero-order chi connectivity index (χ0) is 12.2. The quantitative estimate of drug-likeness (QED) is 0.441. The van der Waals surface area contributed by atoms with Crippen molar-refractivity contribution in [3.63, 3.8) is 0 Å². The molecule has 0 bridgehead atoms. The van der Waals surface area contributed by atoms with Gasteiger partial charge in [-0.2, -0.15) is 0 Å². The SMILES string of the molecule is CCCCCCCCCNC(=O)CC(N)=O. The molecular formula is C12H24N2O2. The molecule has 4 heteroatoms. The summed E-state index contributed by atoms with van der Waals surface area (Å²) >= 11 is 0. The molecule has 0 aliphatic heterocycles. The van der Waals surface area contributed by atoms with E-state index < -0.39 is 5.91 Å². The Labute approximate surface area is 98.0 Å². The highest BCUT2D eigenvalue weighted by Gasteiger charge is 2.03. The third kappa shape index (κ3) is 11.0. The van der Waals surface area contributed by atoms with Gasteiger partial charge in [-0.25, -0.2) is 0 Å². The predicted octanol–water partition coefficient (Wildman–Crippen LogP) is 1.73. The molecule has 0 aliphatic carbocycles. The number of hydrogen-bond donors (Lipinski definition) is 2. The lowest BCUT2D eigenvalue weighted by atomic mass is 10.1. The van der Waals surface area contributed by atoms with Crippen molar-refractivity contribution in [2.75, 3.05) is 6.54 Å². The molecular weight excluding hydrogens is 204 g/mol. The normalized spacial score (nSPS) is 10.1. The highest BCUT2D eigenvalue weighted by molar-refractivity contribution is 5.95. The Morgan fingerprint density at radius 3 is 2.12 bits per heavy atom. The average Bonchev–Trinajstić information content (AvgIpc) is 2.21. The lowest BCUT2D eigenvalue weighted by Gasteiger charge is -2.03. The monoisotopic (exact) mass is 228 g/mol. The fourth-order valence-electron chi connectivity index (χ4n) is 1.53. The number of amides is 2. The summed E-state index contributed by atoms with van der Waals surface area (Å²) in [5.41, 5.74) is 4.89. The van der Waals surface area contributed by atoms with E-state index in [0.29, 0.717) is 6.54 Å². The minimum absolute atomic E-state index is 0.198. The molecule has 0 heterocycles. The summed E-state index contributed by atoms with van der Waals surface area (Å²) in [6, 6.07) is 0. The zero-order valence-electron chi connectivity index (χ0n) is 10.3. The molecule has 0 radical (unpaired) electrons. The van der Waals surface area contributed by atoms with Gasteiger partial charge in [0.15, 0.2) is 0 Å². The van der Waals surface area contributed by atoms with Gasteiger partial charge in [0, 0.05) is 6.54 Å². The first-order valence-corrected chi connectivity index (χ1v) is 6.21. The molecule has 0 atom stereocenters. The van der Waals surface area contributed by atoms with Gasteiger partial charge in [-0.15, -0.1) is 0 Å². The number of rotatable bonds is 10. The summed E-state index contributed by atoms with van der Waals surface area (Å²) in [4.78, 5) is 21.4. The molecule has 0 aromatic carbocycles. The zero-order valence-corrected chi connectivity index (χ0v) is 10.3. The molecule has 94 valence electrons. The summed E-state index contributed by atoms with van der Waals surface area (Å²) in [6.45, 7) is 2.86. The minimum atomic E-state index is -0.572. The van der Waals surface area contributed by atoms with Crippen molar-refractivity contribution in [3.05, 3.63) is 0 Å². The van der Waals surface area contributed by atoms with Gasteiger partial charge in [0.05, 0.1) is 0 Å². The molecule has 0 saturated carbocycles. The molecule has 2 amide bonds. The van der Waals surface area contributed by atoms with E-state index in [9.17, 15) is 9.59 Å². The number of nitrogens with two attached hydrogens (primary N) is 1. The van der Waals surface area contributed by atoms with Crippen LogP contribution in [0.1, 0.15) is 58.3 Å². The Bertz CT molecular complexity index is 205. The Morgan fingerprint density at radius 1 is 1.00 bits per heavy atom. The number of carbonyl (C=O) groups excluding carboxylic acids is 2. The second kappa shape index (κ2) is 10.5. The van der Waals surface area contributed by atoms with Gasteiger partial charge in [0.1, 0.15) is 6.42 Å². The first-order chi connectivity index (χ1) is 7.66. The molecule has 0 aliphatic rings. The molecule has 0 saturated heterocycles. The van der Waals surface area contributed by atoms with Gasteiger partial charge in [-0.3, -0.25) is 9.59 Å². The van der Waals surface area contributed by atoms with Gasteiger partial charge in [0.2, 0.25) is 11.8 Å². The summed E-state index contributed by atoms with van der Waals surface area (Å²) in [5.74, 6) is -0.837. The van der Waals surface area contributed by atoms with Gasteiger partial charge in [-0.1, -0.05) is 45.4 Å². The number of nitrogens with one attached hydrogen (secondary N) is 1. The van der Waals surface area contributed by atoms with Crippen LogP contribution in [0, 0.1) is 0 Å². The van der Waals surface area contributed by atoms with Crippen LogP contribution in [0.3, 0.4) is 0 Å². The molecule has 0 unspecified atom stereocenters. The third-order valence-electron chi connectivity index (χ3n) is 2.44. The molecule has 0 fully saturated rings. The van der Waals surface area contributed by atoms with Crippen molar-refractivity contribution >= 4 is 11.8 Å². The molecule has 4 nitrogen and oxygen atoms in total. The van der Waals surface area contributed by atoms with Crippen LogP contribution >= 0.6 is 0 Å². The first-order valence-electron chi connectivity index (χ1n) is 6.21. The summed E-state index contributed by atoms with van der Waals surface area (Å²) in [7, 11) is 0. The highest BCUT2D eigenvalue weighted by atomic mass is 16.2. The van der Waals surface area contributed by atoms with Crippen LogP contribution in [-0.2, 0) is 9.59 Å². The van der Waals surface area contributed by atoms with Gasteiger partial charge >= 0.3 is 0 Å². The van der Waals surface area contributed by atoms with Crippen molar-refractivity contribution < 1.29 is 9.59 Å².